The molecule has 216 valence electrons. The Hall–Kier alpha value is -2.17. The summed E-state index contributed by atoms with van der Waals surface area (Å²) in [6.45, 7) is 2.31. The van der Waals surface area contributed by atoms with Crippen molar-refractivity contribution in [1.82, 2.24) is 0 Å². The predicted molar refractivity (Wildman–Crippen MR) is 136 cm³/mol. The van der Waals surface area contributed by atoms with Gasteiger partial charge in [0.2, 0.25) is 0 Å². The van der Waals surface area contributed by atoms with Crippen molar-refractivity contribution in [2.75, 3.05) is 0 Å². The van der Waals surface area contributed by atoms with Gasteiger partial charge in [-0.1, -0.05) is 30.9 Å². The van der Waals surface area contributed by atoms with E-state index in [1.807, 2.05) is 0 Å². The Balaban J connectivity index is 1.21. The first-order valence-electron chi connectivity index (χ1n) is 14.2. The van der Waals surface area contributed by atoms with E-state index in [1.54, 1.807) is 0 Å². The van der Waals surface area contributed by atoms with E-state index in [2.05, 4.69) is 35.7 Å². The van der Waals surface area contributed by atoms with Crippen molar-refractivity contribution < 1.29 is 35.5 Å². The lowest BCUT2D eigenvalue weighted by Gasteiger charge is -2.32. The van der Waals surface area contributed by atoms with Gasteiger partial charge < -0.3 is 4.74 Å². The van der Waals surface area contributed by atoms with Crippen LogP contribution < -0.4 is 4.74 Å². The summed E-state index contributed by atoms with van der Waals surface area (Å²) in [7, 11) is 0. The fourth-order valence-electron chi connectivity index (χ4n) is 6.18. The highest BCUT2D eigenvalue weighted by Crippen LogP contribution is 2.42. The minimum absolute atomic E-state index is 0.149. The Kier molecular flexibility index (Phi) is 9.60. The van der Waals surface area contributed by atoms with Crippen molar-refractivity contribution in [2.45, 2.75) is 96.3 Å². The minimum atomic E-state index is -5.28. The molecule has 3 aliphatic rings. The van der Waals surface area contributed by atoms with Crippen LogP contribution >= 0.6 is 0 Å². The van der Waals surface area contributed by atoms with Crippen LogP contribution in [0.25, 0.3) is 0 Å². The van der Waals surface area contributed by atoms with Gasteiger partial charge in [0.05, 0.1) is 5.92 Å². The summed E-state index contributed by atoms with van der Waals surface area (Å²) in [4.78, 5) is 0. The predicted octanol–water partition coefficient (Wildman–Crippen LogP) is 9.95. The number of hydrogen-bond acceptors (Lipinski definition) is 1. The van der Waals surface area contributed by atoms with Gasteiger partial charge in [-0.05, 0) is 94.8 Å². The van der Waals surface area contributed by atoms with E-state index in [4.69, 9.17) is 0 Å². The summed E-state index contributed by atoms with van der Waals surface area (Å²) in [5.41, 5.74) is -2.12. The van der Waals surface area contributed by atoms with Crippen LogP contribution in [0.1, 0.15) is 89.5 Å². The van der Waals surface area contributed by atoms with Crippen molar-refractivity contribution in [3.8, 4) is 17.6 Å². The first-order valence-corrected chi connectivity index (χ1v) is 14.2. The molecule has 0 amide bonds. The second-order valence-electron chi connectivity index (χ2n) is 11.8. The number of benzene rings is 1. The molecular weight excluding hydrogens is 521 g/mol. The van der Waals surface area contributed by atoms with Crippen molar-refractivity contribution in [3.05, 3.63) is 41.5 Å². The van der Waals surface area contributed by atoms with Crippen molar-refractivity contribution in [3.63, 3.8) is 0 Å². The van der Waals surface area contributed by atoms with E-state index in [1.165, 1.54) is 25.7 Å². The molecule has 0 N–H and O–H groups in total. The quantitative estimate of drug-likeness (QED) is 0.199. The van der Waals surface area contributed by atoms with Gasteiger partial charge >= 0.3 is 12.3 Å². The fraction of sp³-hybridized carbons (Fsp3) is 0.677. The molecule has 1 aromatic carbocycles. The maximum absolute atomic E-state index is 14.7. The largest absolute Gasteiger partial charge is 0.432 e. The van der Waals surface area contributed by atoms with E-state index in [0.717, 1.165) is 31.6 Å². The highest BCUT2D eigenvalue weighted by Gasteiger charge is 2.45. The topological polar surface area (TPSA) is 9.23 Å². The summed E-state index contributed by atoms with van der Waals surface area (Å²) in [6, 6.07) is 0.315. The average Bonchev–Trinajstić information content (AvgIpc) is 2.86. The smallest absolute Gasteiger partial charge is 0.422 e. The molecule has 0 aliphatic heterocycles. The minimum Gasteiger partial charge on any atom is -0.432 e. The van der Waals surface area contributed by atoms with Crippen LogP contribution in [0, 0.1) is 59.0 Å². The summed E-state index contributed by atoms with van der Waals surface area (Å²) >= 11 is 0. The molecule has 1 aromatic rings. The number of hydrogen-bond donors (Lipinski definition) is 0. The van der Waals surface area contributed by atoms with Gasteiger partial charge in [0.1, 0.15) is 22.9 Å². The van der Waals surface area contributed by atoms with Gasteiger partial charge in [0.25, 0.3) is 0 Å². The Morgan fingerprint density at radius 1 is 0.692 bits per heavy atom. The summed E-state index contributed by atoms with van der Waals surface area (Å²) in [5, 5.41) is 0. The number of ether oxygens (including phenoxy) is 1. The molecule has 0 unspecified atom stereocenters. The van der Waals surface area contributed by atoms with Crippen LogP contribution in [-0.2, 0) is 6.18 Å². The summed E-state index contributed by atoms with van der Waals surface area (Å²) < 4.78 is 99.7. The van der Waals surface area contributed by atoms with Crippen LogP contribution in [0.2, 0.25) is 0 Å². The van der Waals surface area contributed by atoms with Gasteiger partial charge in [-0.15, -0.1) is 0 Å². The molecule has 3 fully saturated rings. The highest BCUT2D eigenvalue weighted by atomic mass is 19.4. The number of alkyl halides is 5. The molecule has 3 saturated carbocycles. The van der Waals surface area contributed by atoms with Crippen LogP contribution in [-0.4, -0.2) is 6.11 Å². The lowest BCUT2D eigenvalue weighted by Crippen LogP contribution is -2.37. The lowest BCUT2D eigenvalue weighted by molar-refractivity contribution is -0.223. The zero-order chi connectivity index (χ0) is 28.2. The van der Waals surface area contributed by atoms with Crippen LogP contribution in [0.3, 0.4) is 0 Å². The molecule has 1 nitrogen and oxygen atoms in total. The second kappa shape index (κ2) is 12.6. The summed E-state index contributed by atoms with van der Waals surface area (Å²) in [5.74, 6) is 3.46. The molecule has 8 heteroatoms. The van der Waals surface area contributed by atoms with E-state index >= 15 is 0 Å². The maximum atomic E-state index is 14.7. The Labute approximate surface area is 226 Å². The van der Waals surface area contributed by atoms with E-state index in [0.29, 0.717) is 30.6 Å². The third-order valence-corrected chi connectivity index (χ3v) is 8.73. The molecule has 0 radical (unpaired) electrons. The van der Waals surface area contributed by atoms with Gasteiger partial charge in [0.15, 0.2) is 0 Å². The van der Waals surface area contributed by atoms with Gasteiger partial charge in [-0.3, -0.25) is 0 Å². The molecule has 3 aliphatic carbocycles. The number of rotatable bonds is 5. The lowest BCUT2D eigenvalue weighted by atomic mass is 9.78. The standard InChI is InChI=1S/C31H37F7O/c1-20-2-4-21(5-3-20)6-7-22-8-10-23(11-9-22)12-13-24-14-16-25(17-15-24)31(37,38)39-26-18-27(32)29(28(33)19-26)30(34,35)36/h12-13,18-25H,2-5,8-11,14-17H2,1H3/b13-12+. The zero-order valence-electron chi connectivity index (χ0n) is 22.3. The Morgan fingerprint density at radius 2 is 1.13 bits per heavy atom. The molecule has 0 heterocycles. The van der Waals surface area contributed by atoms with Gasteiger partial charge in [0, 0.05) is 24.0 Å². The average molecular weight is 559 g/mol. The van der Waals surface area contributed by atoms with Crippen molar-refractivity contribution in [1.29, 1.82) is 0 Å². The van der Waals surface area contributed by atoms with Gasteiger partial charge in [-0.2, -0.15) is 22.0 Å². The molecule has 0 aromatic heterocycles. The van der Waals surface area contributed by atoms with Crippen LogP contribution in [0.4, 0.5) is 30.7 Å². The Morgan fingerprint density at radius 3 is 1.59 bits per heavy atom. The van der Waals surface area contributed by atoms with E-state index in [9.17, 15) is 30.7 Å². The molecule has 39 heavy (non-hydrogen) atoms. The normalized spacial score (nSPS) is 30.6. The molecule has 0 atom stereocenters. The zero-order valence-corrected chi connectivity index (χ0v) is 22.3. The van der Waals surface area contributed by atoms with Crippen LogP contribution in [0.5, 0.6) is 5.75 Å². The van der Waals surface area contributed by atoms with Crippen molar-refractivity contribution in [2.24, 2.45) is 35.5 Å². The number of halogens is 7. The Bertz CT molecular complexity index is 1020. The SMILES string of the molecule is CC1CCC(C#CC2CCC(/C=C/C3CCC(C(F)(F)Oc4cc(F)c(C(F)(F)F)c(F)c4)CC3)CC2)CC1. The summed E-state index contributed by atoms with van der Waals surface area (Å²) in [6.07, 6.45) is 6.03. The molecule has 0 bridgehead atoms. The van der Waals surface area contributed by atoms with E-state index in [-0.39, 0.29) is 30.9 Å². The monoisotopic (exact) mass is 558 g/mol. The first kappa shape index (κ1) is 29.8. The molecule has 4 rings (SSSR count). The highest BCUT2D eigenvalue weighted by molar-refractivity contribution is 5.32. The maximum Gasteiger partial charge on any atom is 0.422 e. The van der Waals surface area contributed by atoms with Crippen molar-refractivity contribution >= 4 is 0 Å². The number of allylic oxidation sites excluding steroid dienone is 2. The third-order valence-electron chi connectivity index (χ3n) is 8.73. The molecular formula is C31H37F7O. The second-order valence-corrected chi connectivity index (χ2v) is 11.8. The van der Waals surface area contributed by atoms with Crippen LogP contribution in [0.15, 0.2) is 24.3 Å². The molecule has 0 saturated heterocycles. The first-order chi connectivity index (χ1) is 18.4. The third kappa shape index (κ3) is 8.17. The molecule has 0 spiro atoms. The van der Waals surface area contributed by atoms with E-state index < -0.39 is 41.2 Å². The fourth-order valence-corrected chi connectivity index (χ4v) is 6.18. The van der Waals surface area contributed by atoms with Gasteiger partial charge in [-0.25, -0.2) is 8.78 Å².